The Morgan fingerprint density at radius 1 is 1.19 bits per heavy atom. The van der Waals surface area contributed by atoms with Gasteiger partial charge in [-0.2, -0.15) is 0 Å². The van der Waals surface area contributed by atoms with Crippen molar-refractivity contribution in [1.29, 1.82) is 0 Å². The molecule has 1 aliphatic rings. The highest BCUT2D eigenvalue weighted by molar-refractivity contribution is 5.16. The Labute approximate surface area is 130 Å². The molecule has 0 bridgehead atoms. The first-order valence-corrected chi connectivity index (χ1v) is 8.64. The number of piperazine rings is 1. The van der Waals surface area contributed by atoms with E-state index in [4.69, 9.17) is 0 Å². The van der Waals surface area contributed by atoms with Crippen LogP contribution in [0.25, 0.3) is 0 Å². The Morgan fingerprint density at radius 3 is 2.52 bits per heavy atom. The monoisotopic (exact) mass is 288 g/mol. The normalized spacial score (nSPS) is 25.2. The summed E-state index contributed by atoms with van der Waals surface area (Å²) in [6, 6.07) is 12.8. The van der Waals surface area contributed by atoms with E-state index in [9.17, 15) is 0 Å². The molecule has 21 heavy (non-hydrogen) atoms. The molecule has 2 heteroatoms. The highest BCUT2D eigenvalue weighted by atomic mass is 15.3. The lowest BCUT2D eigenvalue weighted by Gasteiger charge is -2.45. The third-order valence-electron chi connectivity index (χ3n) is 4.84. The van der Waals surface area contributed by atoms with Crippen LogP contribution >= 0.6 is 0 Å². The Kier molecular flexibility index (Phi) is 6.25. The fourth-order valence-corrected chi connectivity index (χ4v) is 3.60. The van der Waals surface area contributed by atoms with E-state index < -0.39 is 0 Å². The maximum absolute atomic E-state index is 3.78. The lowest BCUT2D eigenvalue weighted by atomic mass is 9.93. The van der Waals surface area contributed by atoms with Crippen molar-refractivity contribution >= 4 is 0 Å². The summed E-state index contributed by atoms with van der Waals surface area (Å²) in [5.74, 6) is 0.717. The SMILES string of the molecule is CCCC(C)N1CC(Cc2ccccc2)NCC1C(C)C. The molecule has 2 nitrogen and oxygen atoms in total. The highest BCUT2D eigenvalue weighted by Gasteiger charge is 2.32. The third-order valence-corrected chi connectivity index (χ3v) is 4.84. The molecular formula is C19H32N2. The first kappa shape index (κ1) is 16.5. The minimum atomic E-state index is 0.585. The zero-order valence-electron chi connectivity index (χ0n) is 14.2. The molecule has 2 rings (SSSR count). The van der Waals surface area contributed by atoms with Crippen LogP contribution in [0.1, 0.15) is 46.1 Å². The van der Waals surface area contributed by atoms with Gasteiger partial charge in [-0.3, -0.25) is 4.90 Å². The van der Waals surface area contributed by atoms with Crippen molar-refractivity contribution in [1.82, 2.24) is 10.2 Å². The van der Waals surface area contributed by atoms with E-state index in [2.05, 4.69) is 68.2 Å². The largest absolute Gasteiger partial charge is 0.311 e. The number of rotatable bonds is 6. The van der Waals surface area contributed by atoms with Gasteiger partial charge in [0.1, 0.15) is 0 Å². The van der Waals surface area contributed by atoms with Crippen molar-refractivity contribution in [3.05, 3.63) is 35.9 Å². The van der Waals surface area contributed by atoms with Gasteiger partial charge in [0.2, 0.25) is 0 Å². The summed E-state index contributed by atoms with van der Waals surface area (Å²) < 4.78 is 0. The predicted molar refractivity (Wildman–Crippen MR) is 91.6 cm³/mol. The molecule has 118 valence electrons. The minimum Gasteiger partial charge on any atom is -0.311 e. The van der Waals surface area contributed by atoms with E-state index in [1.54, 1.807) is 0 Å². The summed E-state index contributed by atoms with van der Waals surface area (Å²) in [6.45, 7) is 11.7. The lowest BCUT2D eigenvalue weighted by Crippen LogP contribution is -2.61. The van der Waals surface area contributed by atoms with Crippen LogP contribution in [0.15, 0.2) is 30.3 Å². The molecule has 0 saturated carbocycles. The zero-order valence-corrected chi connectivity index (χ0v) is 14.2. The Bertz CT molecular complexity index is 401. The molecule has 0 spiro atoms. The number of benzene rings is 1. The van der Waals surface area contributed by atoms with Gasteiger partial charge in [0, 0.05) is 31.2 Å². The molecule has 1 fully saturated rings. The molecule has 1 N–H and O–H groups in total. The smallest absolute Gasteiger partial charge is 0.0247 e. The maximum atomic E-state index is 3.78. The van der Waals surface area contributed by atoms with Gasteiger partial charge in [-0.25, -0.2) is 0 Å². The van der Waals surface area contributed by atoms with E-state index in [1.165, 1.54) is 24.9 Å². The summed E-state index contributed by atoms with van der Waals surface area (Å²) >= 11 is 0. The van der Waals surface area contributed by atoms with E-state index >= 15 is 0 Å². The first-order valence-electron chi connectivity index (χ1n) is 8.64. The van der Waals surface area contributed by atoms with Gasteiger partial charge < -0.3 is 5.32 Å². The van der Waals surface area contributed by atoms with Crippen LogP contribution in [0, 0.1) is 5.92 Å². The summed E-state index contributed by atoms with van der Waals surface area (Å²) in [4.78, 5) is 2.76. The molecule has 0 aliphatic carbocycles. The molecule has 1 saturated heterocycles. The van der Waals surface area contributed by atoms with Gasteiger partial charge in [-0.15, -0.1) is 0 Å². The van der Waals surface area contributed by atoms with Crippen LogP contribution in [0.4, 0.5) is 0 Å². The van der Waals surface area contributed by atoms with Gasteiger partial charge in [0.15, 0.2) is 0 Å². The molecule has 0 radical (unpaired) electrons. The van der Waals surface area contributed by atoms with Crippen LogP contribution in [-0.4, -0.2) is 36.1 Å². The topological polar surface area (TPSA) is 15.3 Å². The molecule has 1 aromatic carbocycles. The molecule has 3 unspecified atom stereocenters. The zero-order chi connectivity index (χ0) is 15.2. The number of nitrogens with one attached hydrogen (secondary N) is 1. The Balaban J connectivity index is 2.01. The van der Waals surface area contributed by atoms with Crippen molar-refractivity contribution < 1.29 is 0 Å². The first-order chi connectivity index (χ1) is 10.1. The minimum absolute atomic E-state index is 0.585. The van der Waals surface area contributed by atoms with Crippen molar-refractivity contribution in [3.8, 4) is 0 Å². The van der Waals surface area contributed by atoms with Gasteiger partial charge >= 0.3 is 0 Å². The molecule has 1 heterocycles. The Hall–Kier alpha value is -0.860. The second kappa shape index (κ2) is 7.95. The Morgan fingerprint density at radius 2 is 1.90 bits per heavy atom. The molecular weight excluding hydrogens is 256 g/mol. The summed E-state index contributed by atoms with van der Waals surface area (Å²) in [5.41, 5.74) is 1.45. The molecule has 0 amide bonds. The van der Waals surface area contributed by atoms with Crippen LogP contribution in [-0.2, 0) is 6.42 Å². The fourth-order valence-electron chi connectivity index (χ4n) is 3.60. The average molecular weight is 288 g/mol. The molecule has 1 aliphatic heterocycles. The van der Waals surface area contributed by atoms with Crippen LogP contribution in [0.3, 0.4) is 0 Å². The number of hydrogen-bond acceptors (Lipinski definition) is 2. The van der Waals surface area contributed by atoms with Gasteiger partial charge in [-0.1, -0.05) is 57.5 Å². The summed E-state index contributed by atoms with van der Waals surface area (Å²) in [7, 11) is 0. The van der Waals surface area contributed by atoms with Gasteiger partial charge in [-0.05, 0) is 31.2 Å². The quantitative estimate of drug-likeness (QED) is 0.858. The van der Waals surface area contributed by atoms with Gasteiger partial charge in [0.05, 0.1) is 0 Å². The van der Waals surface area contributed by atoms with Gasteiger partial charge in [0.25, 0.3) is 0 Å². The summed E-state index contributed by atoms with van der Waals surface area (Å²) in [6.07, 6.45) is 3.72. The van der Waals surface area contributed by atoms with Crippen LogP contribution in [0.2, 0.25) is 0 Å². The number of nitrogens with zero attached hydrogens (tertiary/aromatic N) is 1. The number of hydrogen-bond donors (Lipinski definition) is 1. The standard InChI is InChI=1S/C19H32N2/c1-5-9-16(4)21-14-18(20-13-19(21)15(2)3)12-17-10-7-6-8-11-17/h6-8,10-11,15-16,18-20H,5,9,12-14H2,1-4H3. The van der Waals surface area contributed by atoms with E-state index in [0.717, 1.165) is 18.9 Å². The predicted octanol–water partition coefficient (Wildman–Crippen LogP) is 3.72. The van der Waals surface area contributed by atoms with E-state index in [0.29, 0.717) is 18.1 Å². The molecule has 0 aromatic heterocycles. The third kappa shape index (κ3) is 4.55. The fraction of sp³-hybridized carbons (Fsp3) is 0.684. The van der Waals surface area contributed by atoms with Crippen molar-refractivity contribution in [2.24, 2.45) is 5.92 Å². The summed E-state index contributed by atoms with van der Waals surface area (Å²) in [5, 5.41) is 3.78. The lowest BCUT2D eigenvalue weighted by molar-refractivity contribution is 0.0585. The van der Waals surface area contributed by atoms with Crippen molar-refractivity contribution in [3.63, 3.8) is 0 Å². The maximum Gasteiger partial charge on any atom is 0.0247 e. The molecule has 1 aromatic rings. The average Bonchev–Trinajstić information content (AvgIpc) is 2.48. The van der Waals surface area contributed by atoms with Crippen molar-refractivity contribution in [2.45, 2.75) is 65.1 Å². The molecule has 3 atom stereocenters. The second-order valence-corrected chi connectivity index (χ2v) is 6.94. The highest BCUT2D eigenvalue weighted by Crippen LogP contribution is 2.21. The van der Waals surface area contributed by atoms with Crippen molar-refractivity contribution in [2.75, 3.05) is 13.1 Å². The van der Waals surface area contributed by atoms with Crippen LogP contribution in [0.5, 0.6) is 0 Å². The van der Waals surface area contributed by atoms with Crippen LogP contribution < -0.4 is 5.32 Å². The van der Waals surface area contributed by atoms with E-state index in [1.807, 2.05) is 0 Å². The van der Waals surface area contributed by atoms with E-state index in [-0.39, 0.29) is 0 Å². The second-order valence-electron chi connectivity index (χ2n) is 6.94.